The van der Waals surface area contributed by atoms with Crippen molar-refractivity contribution in [1.29, 1.82) is 0 Å². The summed E-state index contributed by atoms with van der Waals surface area (Å²) in [7, 11) is 0. The van der Waals surface area contributed by atoms with E-state index >= 15 is 0 Å². The molecule has 0 atom stereocenters. The average molecular weight is 330 g/mol. The van der Waals surface area contributed by atoms with Crippen LogP contribution in [0.5, 0.6) is 0 Å². The number of nitrogens with one attached hydrogen (secondary N) is 1. The van der Waals surface area contributed by atoms with Crippen molar-refractivity contribution >= 4 is 6.03 Å². The van der Waals surface area contributed by atoms with Gasteiger partial charge in [-0.05, 0) is 43.6 Å². The molecule has 1 saturated carbocycles. The second-order valence-electron chi connectivity index (χ2n) is 7.31. The van der Waals surface area contributed by atoms with Crippen molar-refractivity contribution < 1.29 is 9.53 Å². The van der Waals surface area contributed by atoms with Gasteiger partial charge in [0.25, 0.3) is 0 Å². The molecule has 2 fully saturated rings. The largest absolute Gasteiger partial charge is 0.381 e. The van der Waals surface area contributed by atoms with Gasteiger partial charge in [0.1, 0.15) is 0 Å². The third kappa shape index (κ3) is 4.29. The second-order valence-corrected chi connectivity index (χ2v) is 7.31. The number of urea groups is 1. The first-order valence-corrected chi connectivity index (χ1v) is 9.39. The van der Waals surface area contributed by atoms with Crippen LogP contribution >= 0.6 is 0 Å². The molecule has 1 aliphatic carbocycles. The maximum absolute atomic E-state index is 12.7. The van der Waals surface area contributed by atoms with Crippen molar-refractivity contribution in [2.24, 2.45) is 5.92 Å². The summed E-state index contributed by atoms with van der Waals surface area (Å²) in [6.07, 6.45) is 5.50. The van der Waals surface area contributed by atoms with Crippen molar-refractivity contribution in [3.8, 4) is 0 Å². The Hall–Kier alpha value is -1.55. The molecule has 1 aromatic carbocycles. The molecule has 132 valence electrons. The molecule has 4 nitrogen and oxygen atoms in total. The number of rotatable bonds is 7. The Kier molecular flexibility index (Phi) is 5.77. The Balaban J connectivity index is 1.65. The van der Waals surface area contributed by atoms with E-state index in [9.17, 15) is 4.79 Å². The van der Waals surface area contributed by atoms with Crippen molar-refractivity contribution in [2.75, 3.05) is 32.8 Å². The van der Waals surface area contributed by atoms with E-state index in [4.69, 9.17) is 4.74 Å². The topological polar surface area (TPSA) is 41.6 Å². The molecule has 1 aromatic rings. The van der Waals surface area contributed by atoms with Crippen LogP contribution in [0, 0.1) is 5.92 Å². The monoisotopic (exact) mass is 330 g/mol. The van der Waals surface area contributed by atoms with Gasteiger partial charge >= 0.3 is 6.03 Å². The number of benzene rings is 1. The van der Waals surface area contributed by atoms with Crippen LogP contribution in [0.3, 0.4) is 0 Å². The van der Waals surface area contributed by atoms with Crippen molar-refractivity contribution in [3.63, 3.8) is 0 Å². The lowest BCUT2D eigenvalue weighted by Crippen LogP contribution is -2.49. The van der Waals surface area contributed by atoms with Crippen LogP contribution < -0.4 is 5.32 Å². The van der Waals surface area contributed by atoms with Crippen LogP contribution in [-0.4, -0.2) is 43.8 Å². The van der Waals surface area contributed by atoms with Crippen LogP contribution in [0.1, 0.15) is 44.6 Å². The van der Waals surface area contributed by atoms with E-state index < -0.39 is 0 Å². The fraction of sp³-hybridized carbons (Fsp3) is 0.650. The molecule has 0 spiro atoms. The van der Waals surface area contributed by atoms with E-state index in [0.29, 0.717) is 6.54 Å². The summed E-state index contributed by atoms with van der Waals surface area (Å²) in [5, 5.41) is 3.24. The fourth-order valence-corrected chi connectivity index (χ4v) is 3.64. The van der Waals surface area contributed by atoms with Crippen LogP contribution in [-0.2, 0) is 10.2 Å². The number of amides is 2. The standard InChI is InChI=1S/C20H30N2O2/c1-2-12-22(15-17-8-9-17)19(23)21-16-20(10-13-24-14-11-20)18-6-4-3-5-7-18/h3-7,17H,2,8-16H2,1H3,(H,21,23). The first-order valence-electron chi connectivity index (χ1n) is 9.39. The number of carbonyl (C=O) groups excluding carboxylic acids is 1. The van der Waals surface area contributed by atoms with Gasteiger partial charge in [0.05, 0.1) is 0 Å². The Bertz CT molecular complexity index is 522. The summed E-state index contributed by atoms with van der Waals surface area (Å²) in [5.41, 5.74) is 1.32. The summed E-state index contributed by atoms with van der Waals surface area (Å²) < 4.78 is 5.58. The molecule has 3 rings (SSSR count). The minimum absolute atomic E-state index is 0.00658. The zero-order chi connectivity index (χ0) is 16.8. The molecule has 0 radical (unpaired) electrons. The summed E-state index contributed by atoms with van der Waals surface area (Å²) in [6, 6.07) is 10.7. The molecule has 4 heteroatoms. The SMILES string of the molecule is CCCN(CC1CC1)C(=O)NCC1(c2ccccc2)CCOCC1. The molecule has 1 N–H and O–H groups in total. The summed E-state index contributed by atoms with van der Waals surface area (Å²) in [4.78, 5) is 14.7. The number of hydrogen-bond donors (Lipinski definition) is 1. The molecule has 1 heterocycles. The predicted molar refractivity (Wildman–Crippen MR) is 96.2 cm³/mol. The van der Waals surface area contributed by atoms with Gasteiger partial charge in [-0.25, -0.2) is 4.79 Å². The highest BCUT2D eigenvalue weighted by molar-refractivity contribution is 5.74. The quantitative estimate of drug-likeness (QED) is 0.830. The van der Waals surface area contributed by atoms with E-state index in [1.54, 1.807) is 0 Å². The maximum atomic E-state index is 12.7. The number of carbonyl (C=O) groups is 1. The first-order chi connectivity index (χ1) is 11.7. The molecule has 2 aliphatic rings. The molecule has 0 bridgehead atoms. The third-order valence-corrected chi connectivity index (χ3v) is 5.37. The van der Waals surface area contributed by atoms with Crippen molar-refractivity contribution in [2.45, 2.75) is 44.4 Å². The third-order valence-electron chi connectivity index (χ3n) is 5.37. The minimum Gasteiger partial charge on any atom is -0.381 e. The Morgan fingerprint density at radius 2 is 1.96 bits per heavy atom. The first kappa shape index (κ1) is 17.3. The number of ether oxygens (including phenoxy) is 1. The van der Waals surface area contributed by atoms with Crippen molar-refractivity contribution in [3.05, 3.63) is 35.9 Å². The summed E-state index contributed by atoms with van der Waals surface area (Å²) in [5.74, 6) is 0.730. The van der Waals surface area contributed by atoms with E-state index in [2.05, 4.69) is 36.5 Å². The van der Waals surface area contributed by atoms with E-state index in [-0.39, 0.29) is 11.4 Å². The second kappa shape index (κ2) is 8.02. The molecule has 0 unspecified atom stereocenters. The smallest absolute Gasteiger partial charge is 0.317 e. The van der Waals surface area contributed by atoms with Crippen LogP contribution in [0.2, 0.25) is 0 Å². The zero-order valence-corrected chi connectivity index (χ0v) is 14.8. The number of nitrogens with zero attached hydrogens (tertiary/aromatic N) is 1. The lowest BCUT2D eigenvalue weighted by Gasteiger charge is -2.38. The fourth-order valence-electron chi connectivity index (χ4n) is 3.64. The minimum atomic E-state index is 0.00658. The van der Waals surface area contributed by atoms with Gasteiger partial charge in [0, 0.05) is 38.3 Å². The van der Waals surface area contributed by atoms with Crippen molar-refractivity contribution in [1.82, 2.24) is 10.2 Å². The summed E-state index contributed by atoms with van der Waals surface area (Å²) in [6.45, 7) is 6.14. The summed E-state index contributed by atoms with van der Waals surface area (Å²) >= 11 is 0. The van der Waals surface area contributed by atoms with E-state index in [0.717, 1.165) is 51.5 Å². The van der Waals surface area contributed by atoms with E-state index in [1.807, 2.05) is 11.0 Å². The molecular formula is C20H30N2O2. The Morgan fingerprint density at radius 3 is 2.58 bits per heavy atom. The zero-order valence-electron chi connectivity index (χ0n) is 14.8. The van der Waals surface area contributed by atoms with Crippen LogP contribution in [0.25, 0.3) is 0 Å². The predicted octanol–water partition coefficient (Wildman–Crippen LogP) is 3.57. The maximum Gasteiger partial charge on any atom is 0.317 e. The Morgan fingerprint density at radius 1 is 1.25 bits per heavy atom. The van der Waals surface area contributed by atoms with Gasteiger partial charge in [0.2, 0.25) is 0 Å². The van der Waals surface area contributed by atoms with Gasteiger partial charge in [-0.3, -0.25) is 0 Å². The van der Waals surface area contributed by atoms with E-state index in [1.165, 1.54) is 18.4 Å². The highest BCUT2D eigenvalue weighted by atomic mass is 16.5. The van der Waals surface area contributed by atoms with Gasteiger partial charge in [-0.15, -0.1) is 0 Å². The van der Waals surface area contributed by atoms with Gasteiger partial charge < -0.3 is 15.0 Å². The average Bonchev–Trinajstić information content (AvgIpc) is 3.45. The molecule has 24 heavy (non-hydrogen) atoms. The molecule has 1 aliphatic heterocycles. The lowest BCUT2D eigenvalue weighted by molar-refractivity contribution is 0.0501. The molecule has 2 amide bonds. The normalized spacial score (nSPS) is 19.7. The van der Waals surface area contributed by atoms with Gasteiger partial charge in [0.15, 0.2) is 0 Å². The van der Waals surface area contributed by atoms with Gasteiger partial charge in [-0.1, -0.05) is 37.3 Å². The molecular weight excluding hydrogens is 300 g/mol. The lowest BCUT2D eigenvalue weighted by atomic mass is 9.74. The van der Waals surface area contributed by atoms with Crippen LogP contribution in [0.4, 0.5) is 4.79 Å². The highest BCUT2D eigenvalue weighted by Gasteiger charge is 2.35. The highest BCUT2D eigenvalue weighted by Crippen LogP contribution is 2.34. The van der Waals surface area contributed by atoms with Crippen LogP contribution in [0.15, 0.2) is 30.3 Å². The number of hydrogen-bond acceptors (Lipinski definition) is 2. The molecule has 1 saturated heterocycles. The van der Waals surface area contributed by atoms with Gasteiger partial charge in [-0.2, -0.15) is 0 Å². The molecule has 0 aromatic heterocycles. The Labute approximate surface area is 145 Å².